The van der Waals surface area contributed by atoms with Gasteiger partial charge in [0.15, 0.2) is 5.76 Å². The van der Waals surface area contributed by atoms with E-state index in [1.165, 1.54) is 13.0 Å². The molecule has 21 heavy (non-hydrogen) atoms. The Labute approximate surface area is 127 Å². The monoisotopic (exact) mass is 288 g/mol. The summed E-state index contributed by atoms with van der Waals surface area (Å²) in [4.78, 5) is 14.7. The molecular formula is C17H24N2O2. The van der Waals surface area contributed by atoms with E-state index in [2.05, 4.69) is 10.2 Å². The Kier molecular flexibility index (Phi) is 3.97. The normalized spacial score (nSPS) is 28.5. The second-order valence-corrected chi connectivity index (χ2v) is 5.80. The van der Waals surface area contributed by atoms with Crippen LogP contribution in [-0.4, -0.2) is 36.5 Å². The van der Waals surface area contributed by atoms with E-state index in [-0.39, 0.29) is 13.4 Å². The second-order valence-electron chi connectivity index (χ2n) is 5.80. The van der Waals surface area contributed by atoms with Crippen LogP contribution in [0, 0.1) is 5.92 Å². The summed E-state index contributed by atoms with van der Waals surface area (Å²) >= 11 is 0. The maximum absolute atomic E-state index is 12.3. The van der Waals surface area contributed by atoms with Crippen molar-refractivity contribution < 1.29 is 10.6 Å². The van der Waals surface area contributed by atoms with Gasteiger partial charge >= 0.3 is 0 Å². The number of nitrogens with one attached hydrogen (secondary N) is 1. The predicted octanol–water partition coefficient (Wildman–Crippen LogP) is 2.94. The lowest BCUT2D eigenvalue weighted by Gasteiger charge is -2.22. The van der Waals surface area contributed by atoms with Gasteiger partial charge in [0.25, 0.3) is 5.91 Å². The van der Waals surface area contributed by atoms with Crippen molar-refractivity contribution in [3.8, 4) is 0 Å². The molecule has 2 saturated heterocycles. The van der Waals surface area contributed by atoms with E-state index in [1.807, 2.05) is 38.1 Å². The third-order valence-electron chi connectivity index (χ3n) is 4.42. The first-order valence-corrected chi connectivity index (χ1v) is 7.63. The largest absolute Gasteiger partial charge is 0.451 e. The SMILES string of the molecule is C/C=C\C(=C/C)c1ccc(C(=O)N[C@H]2CN3CC[C@H]2C3)o1.[HH]. The molecule has 2 bridgehead atoms. The molecule has 2 aliphatic rings. The van der Waals surface area contributed by atoms with Crippen molar-refractivity contribution in [2.45, 2.75) is 26.3 Å². The van der Waals surface area contributed by atoms with Crippen LogP contribution in [0.5, 0.6) is 0 Å². The van der Waals surface area contributed by atoms with Crippen LogP contribution >= 0.6 is 0 Å². The molecule has 1 unspecified atom stereocenters. The van der Waals surface area contributed by atoms with Gasteiger partial charge in [-0.05, 0) is 44.9 Å². The smallest absolute Gasteiger partial charge is 0.287 e. The molecule has 114 valence electrons. The van der Waals surface area contributed by atoms with Crippen LogP contribution in [0.1, 0.15) is 38.0 Å². The number of fused-ring (bicyclic) bond motifs is 2. The summed E-state index contributed by atoms with van der Waals surface area (Å²) in [5.74, 6) is 1.64. The zero-order valence-corrected chi connectivity index (χ0v) is 12.6. The van der Waals surface area contributed by atoms with E-state index in [0.717, 1.165) is 24.4 Å². The minimum absolute atomic E-state index is 0. The Morgan fingerprint density at radius 2 is 2.19 bits per heavy atom. The average Bonchev–Trinajstić information content (AvgIpc) is 3.20. The second kappa shape index (κ2) is 5.90. The summed E-state index contributed by atoms with van der Waals surface area (Å²) < 4.78 is 5.70. The summed E-state index contributed by atoms with van der Waals surface area (Å²) in [7, 11) is 0. The van der Waals surface area contributed by atoms with E-state index in [1.54, 1.807) is 6.07 Å². The third-order valence-corrected chi connectivity index (χ3v) is 4.42. The highest BCUT2D eigenvalue weighted by atomic mass is 16.3. The molecule has 2 aliphatic heterocycles. The van der Waals surface area contributed by atoms with Gasteiger partial charge in [0.1, 0.15) is 5.76 Å². The van der Waals surface area contributed by atoms with Crippen molar-refractivity contribution in [3.63, 3.8) is 0 Å². The number of carbonyl (C=O) groups is 1. The number of nitrogens with zero attached hydrogens (tertiary/aromatic N) is 1. The molecule has 3 atom stereocenters. The number of amides is 1. The van der Waals surface area contributed by atoms with E-state index in [0.29, 0.717) is 11.7 Å². The van der Waals surface area contributed by atoms with Gasteiger partial charge in [0.05, 0.1) is 0 Å². The molecule has 0 radical (unpaired) electrons. The Bertz CT molecular complexity index is 591. The van der Waals surface area contributed by atoms with Crippen LogP contribution < -0.4 is 5.32 Å². The first kappa shape index (κ1) is 14.1. The molecule has 1 aromatic heterocycles. The highest BCUT2D eigenvalue weighted by Gasteiger charge is 2.38. The number of hydrogen-bond acceptors (Lipinski definition) is 3. The number of rotatable bonds is 4. The lowest BCUT2D eigenvalue weighted by atomic mass is 10.00. The van der Waals surface area contributed by atoms with Gasteiger partial charge in [-0.25, -0.2) is 0 Å². The van der Waals surface area contributed by atoms with Crippen LogP contribution in [0.25, 0.3) is 5.57 Å². The number of furan rings is 1. The summed E-state index contributed by atoms with van der Waals surface area (Å²) in [6, 6.07) is 3.89. The van der Waals surface area contributed by atoms with Crippen molar-refractivity contribution >= 4 is 11.5 Å². The molecule has 2 fully saturated rings. The van der Waals surface area contributed by atoms with Crippen LogP contribution in [0.3, 0.4) is 0 Å². The van der Waals surface area contributed by atoms with Crippen LogP contribution in [0.2, 0.25) is 0 Å². The summed E-state index contributed by atoms with van der Waals surface area (Å²) in [5.41, 5.74) is 0.989. The Hall–Kier alpha value is -1.81. The topological polar surface area (TPSA) is 45.5 Å². The summed E-state index contributed by atoms with van der Waals surface area (Å²) in [5, 5.41) is 3.12. The molecule has 3 rings (SSSR count). The van der Waals surface area contributed by atoms with Gasteiger partial charge in [-0.2, -0.15) is 0 Å². The van der Waals surface area contributed by atoms with Gasteiger partial charge < -0.3 is 14.6 Å². The highest BCUT2D eigenvalue weighted by Crippen LogP contribution is 2.28. The fourth-order valence-electron chi connectivity index (χ4n) is 3.30. The maximum Gasteiger partial charge on any atom is 0.287 e. The minimum atomic E-state index is -0.101. The molecule has 0 spiro atoms. The lowest BCUT2D eigenvalue weighted by molar-refractivity contribution is 0.0895. The lowest BCUT2D eigenvalue weighted by Crippen LogP contribution is -2.43. The standard InChI is InChI=1S/C17H22N2O2.H2/c1-3-5-12(4-2)15-6-7-16(21-15)17(20)18-14-11-19-9-8-13(14)10-19;/h3-7,13-14H,8-11H2,1-2H3,(H,18,20);1H/b5-3-,12-4+;/t13-,14-;/m0./s1. The molecule has 4 heteroatoms. The van der Waals surface area contributed by atoms with Gasteiger partial charge in [0, 0.05) is 26.1 Å². The molecule has 3 heterocycles. The first-order valence-electron chi connectivity index (χ1n) is 7.63. The average molecular weight is 288 g/mol. The summed E-state index contributed by atoms with van der Waals surface area (Å²) in [6.07, 6.45) is 7.10. The fraction of sp³-hybridized carbons (Fsp3) is 0.471. The summed E-state index contributed by atoms with van der Waals surface area (Å²) in [6.45, 7) is 7.20. The Balaban J connectivity index is 0.00000176. The molecule has 1 N–H and O–H groups in total. The fourth-order valence-corrected chi connectivity index (χ4v) is 3.30. The Morgan fingerprint density at radius 1 is 1.38 bits per heavy atom. The zero-order chi connectivity index (χ0) is 14.8. The van der Waals surface area contributed by atoms with Crippen LogP contribution in [0.15, 0.2) is 34.8 Å². The van der Waals surface area contributed by atoms with E-state index >= 15 is 0 Å². The molecule has 0 aliphatic carbocycles. The van der Waals surface area contributed by atoms with E-state index in [4.69, 9.17) is 4.42 Å². The third kappa shape index (κ3) is 2.81. The molecule has 0 aromatic carbocycles. The highest BCUT2D eigenvalue weighted by molar-refractivity contribution is 5.92. The predicted molar refractivity (Wildman–Crippen MR) is 85.1 cm³/mol. The quantitative estimate of drug-likeness (QED) is 0.866. The molecule has 0 saturated carbocycles. The van der Waals surface area contributed by atoms with Gasteiger partial charge in [-0.1, -0.05) is 18.2 Å². The van der Waals surface area contributed by atoms with Crippen LogP contribution in [0.4, 0.5) is 0 Å². The zero-order valence-electron chi connectivity index (χ0n) is 12.6. The van der Waals surface area contributed by atoms with Gasteiger partial charge in [-0.3, -0.25) is 4.79 Å². The molecular weight excluding hydrogens is 264 g/mol. The van der Waals surface area contributed by atoms with Crippen molar-refractivity contribution in [3.05, 3.63) is 41.9 Å². The van der Waals surface area contributed by atoms with Gasteiger partial charge in [0.2, 0.25) is 0 Å². The van der Waals surface area contributed by atoms with Crippen LogP contribution in [-0.2, 0) is 0 Å². The van der Waals surface area contributed by atoms with Gasteiger partial charge in [-0.15, -0.1) is 0 Å². The van der Waals surface area contributed by atoms with Crippen molar-refractivity contribution in [1.82, 2.24) is 10.2 Å². The van der Waals surface area contributed by atoms with E-state index in [9.17, 15) is 4.79 Å². The molecule has 1 amide bonds. The number of carbonyl (C=O) groups excluding carboxylic acids is 1. The number of piperidine rings is 1. The minimum Gasteiger partial charge on any atom is -0.451 e. The molecule has 1 aromatic rings. The van der Waals surface area contributed by atoms with Crippen molar-refractivity contribution in [1.29, 1.82) is 0 Å². The van der Waals surface area contributed by atoms with Crippen molar-refractivity contribution in [2.24, 2.45) is 5.92 Å². The Morgan fingerprint density at radius 3 is 2.81 bits per heavy atom. The first-order chi connectivity index (χ1) is 10.2. The molecule has 4 nitrogen and oxygen atoms in total. The van der Waals surface area contributed by atoms with Crippen molar-refractivity contribution in [2.75, 3.05) is 19.6 Å². The number of allylic oxidation sites excluding steroid dienone is 4. The van der Waals surface area contributed by atoms with E-state index < -0.39 is 0 Å². The number of hydrogen-bond donors (Lipinski definition) is 1. The maximum atomic E-state index is 12.3.